The van der Waals surface area contributed by atoms with Crippen LogP contribution in [0.25, 0.3) is 6.08 Å². The Bertz CT molecular complexity index is 496. The molecule has 1 rings (SSSR count). The molecule has 0 spiro atoms. The van der Waals surface area contributed by atoms with Crippen LogP contribution in [0.4, 0.5) is 11.4 Å². The Hall–Kier alpha value is -2.17. The van der Waals surface area contributed by atoms with Gasteiger partial charge in [-0.25, -0.2) is 10.3 Å². The van der Waals surface area contributed by atoms with E-state index in [0.29, 0.717) is 12.3 Å². The zero-order valence-electron chi connectivity index (χ0n) is 11.5. The monoisotopic (exact) mass is 261 g/mol. The fraction of sp³-hybridized carbons (Fsp3) is 0.357. The molecule has 0 aliphatic heterocycles. The second-order valence-electron chi connectivity index (χ2n) is 3.90. The minimum Gasteiger partial charge on any atom is -0.463 e. The Morgan fingerprint density at radius 3 is 2.79 bits per heavy atom. The van der Waals surface area contributed by atoms with Crippen LogP contribution < -0.4 is 5.32 Å². The van der Waals surface area contributed by atoms with Crippen molar-refractivity contribution in [1.82, 2.24) is 0 Å². The summed E-state index contributed by atoms with van der Waals surface area (Å²) in [6, 6.07) is 3.74. The maximum Gasteiger partial charge on any atom is 0.330 e. The van der Waals surface area contributed by atoms with Gasteiger partial charge in [0.25, 0.3) is 0 Å². The summed E-state index contributed by atoms with van der Waals surface area (Å²) in [5.74, 6) is -0.373. The zero-order chi connectivity index (χ0) is 14.3. The van der Waals surface area contributed by atoms with Gasteiger partial charge in [-0.2, -0.15) is 5.11 Å². The first-order valence-corrected chi connectivity index (χ1v) is 6.23. The Balaban J connectivity index is 3.04. The van der Waals surface area contributed by atoms with E-state index in [0.717, 1.165) is 23.4 Å². The number of anilines is 1. The molecule has 0 fully saturated rings. The minimum absolute atomic E-state index is 0.356. The van der Waals surface area contributed by atoms with Gasteiger partial charge in [0.05, 0.1) is 12.3 Å². The van der Waals surface area contributed by atoms with E-state index in [1.807, 2.05) is 26.0 Å². The van der Waals surface area contributed by atoms with Gasteiger partial charge < -0.3 is 10.1 Å². The summed E-state index contributed by atoms with van der Waals surface area (Å²) >= 11 is 0. The van der Waals surface area contributed by atoms with E-state index in [2.05, 4.69) is 10.4 Å². The van der Waals surface area contributed by atoms with Gasteiger partial charge in [-0.1, -0.05) is 6.07 Å². The smallest absolute Gasteiger partial charge is 0.330 e. The van der Waals surface area contributed by atoms with Gasteiger partial charge in [-0.3, -0.25) is 0 Å². The molecule has 0 bridgehead atoms. The van der Waals surface area contributed by atoms with Gasteiger partial charge in [-0.15, -0.1) is 0 Å². The van der Waals surface area contributed by atoms with E-state index < -0.39 is 0 Å². The van der Waals surface area contributed by atoms with E-state index in [-0.39, 0.29) is 5.97 Å². The van der Waals surface area contributed by atoms with Crippen molar-refractivity contribution in [3.63, 3.8) is 0 Å². The molecule has 2 N–H and O–H groups in total. The molecule has 1 aromatic rings. The first-order chi connectivity index (χ1) is 9.13. The minimum atomic E-state index is -0.373. The Morgan fingerprint density at radius 1 is 1.47 bits per heavy atom. The van der Waals surface area contributed by atoms with Crippen LogP contribution in [0.5, 0.6) is 0 Å². The average Bonchev–Trinajstić information content (AvgIpc) is 2.39. The van der Waals surface area contributed by atoms with Gasteiger partial charge >= 0.3 is 5.97 Å². The molecule has 0 aromatic heterocycles. The summed E-state index contributed by atoms with van der Waals surface area (Å²) in [7, 11) is 0. The number of esters is 1. The van der Waals surface area contributed by atoms with E-state index in [1.165, 1.54) is 6.08 Å². The molecule has 0 unspecified atom stereocenters. The van der Waals surface area contributed by atoms with Crippen LogP contribution in [-0.4, -0.2) is 19.1 Å². The van der Waals surface area contributed by atoms with E-state index in [1.54, 1.807) is 13.0 Å². The lowest BCUT2D eigenvalue weighted by atomic mass is 10.0. The standard InChI is InChI=1S/C14H19N3O2/c1-4-16-12-8-6-11(10(3)14(12)17-15)7-9-13(18)19-5-2/h6-9,15-16H,4-5H2,1-3H3/b9-7+,17-15?. The van der Waals surface area contributed by atoms with E-state index in [9.17, 15) is 4.79 Å². The van der Waals surface area contributed by atoms with Crippen LogP contribution in [0, 0.1) is 12.5 Å². The summed E-state index contributed by atoms with van der Waals surface area (Å²) < 4.78 is 4.82. The van der Waals surface area contributed by atoms with Crippen LogP contribution in [-0.2, 0) is 9.53 Å². The average molecular weight is 261 g/mol. The lowest BCUT2D eigenvalue weighted by molar-refractivity contribution is -0.137. The number of ether oxygens (including phenoxy) is 1. The molecule has 0 saturated carbocycles. The molecule has 0 heterocycles. The van der Waals surface area contributed by atoms with Crippen molar-refractivity contribution in [1.29, 1.82) is 5.53 Å². The lowest BCUT2D eigenvalue weighted by Crippen LogP contribution is -2.00. The first-order valence-electron chi connectivity index (χ1n) is 6.23. The van der Waals surface area contributed by atoms with Crippen molar-refractivity contribution >= 4 is 23.4 Å². The number of carbonyl (C=O) groups excluding carboxylic acids is 1. The van der Waals surface area contributed by atoms with Crippen molar-refractivity contribution < 1.29 is 9.53 Å². The number of hydrogen-bond acceptors (Lipinski definition) is 5. The van der Waals surface area contributed by atoms with Gasteiger partial charge in [0.1, 0.15) is 5.69 Å². The molecule has 5 nitrogen and oxygen atoms in total. The van der Waals surface area contributed by atoms with E-state index in [4.69, 9.17) is 10.3 Å². The van der Waals surface area contributed by atoms with Crippen LogP contribution in [0.3, 0.4) is 0 Å². The third-order valence-electron chi connectivity index (χ3n) is 2.64. The first kappa shape index (κ1) is 14.9. The van der Waals surface area contributed by atoms with Gasteiger partial charge in [-0.05, 0) is 44.0 Å². The lowest BCUT2D eigenvalue weighted by Gasteiger charge is -2.11. The van der Waals surface area contributed by atoms with Crippen molar-refractivity contribution in [2.24, 2.45) is 5.11 Å². The molecule has 0 atom stereocenters. The summed E-state index contributed by atoms with van der Waals surface area (Å²) in [4.78, 5) is 11.3. The Labute approximate surface area is 113 Å². The largest absolute Gasteiger partial charge is 0.463 e. The zero-order valence-corrected chi connectivity index (χ0v) is 11.5. The molecule has 102 valence electrons. The summed E-state index contributed by atoms with van der Waals surface area (Å²) in [6.07, 6.45) is 3.06. The highest BCUT2D eigenvalue weighted by Crippen LogP contribution is 2.31. The van der Waals surface area contributed by atoms with Gasteiger partial charge in [0, 0.05) is 12.6 Å². The second kappa shape index (κ2) is 7.31. The molecule has 0 radical (unpaired) electrons. The number of nitrogens with one attached hydrogen (secondary N) is 2. The summed E-state index contributed by atoms with van der Waals surface area (Å²) in [6.45, 7) is 6.74. The highest BCUT2D eigenvalue weighted by molar-refractivity contribution is 5.88. The predicted octanol–water partition coefficient (Wildman–Crippen LogP) is 3.67. The molecule has 0 aliphatic carbocycles. The molecule has 0 amide bonds. The Morgan fingerprint density at radius 2 is 2.21 bits per heavy atom. The van der Waals surface area contributed by atoms with Crippen LogP contribution in [0.15, 0.2) is 23.3 Å². The highest BCUT2D eigenvalue weighted by atomic mass is 16.5. The second-order valence-corrected chi connectivity index (χ2v) is 3.90. The fourth-order valence-electron chi connectivity index (χ4n) is 1.72. The number of hydrogen-bond donors (Lipinski definition) is 2. The highest BCUT2D eigenvalue weighted by Gasteiger charge is 2.07. The molecule has 5 heteroatoms. The van der Waals surface area contributed by atoms with Crippen LogP contribution >= 0.6 is 0 Å². The number of benzene rings is 1. The van der Waals surface area contributed by atoms with Gasteiger partial charge in [0.2, 0.25) is 0 Å². The van der Waals surface area contributed by atoms with Crippen LogP contribution in [0.2, 0.25) is 0 Å². The summed E-state index contributed by atoms with van der Waals surface area (Å²) in [5.41, 5.74) is 10.4. The fourth-order valence-corrected chi connectivity index (χ4v) is 1.72. The number of rotatable bonds is 6. The molecule has 1 aromatic carbocycles. The normalized spacial score (nSPS) is 10.5. The van der Waals surface area contributed by atoms with Crippen molar-refractivity contribution in [3.8, 4) is 0 Å². The van der Waals surface area contributed by atoms with Crippen LogP contribution in [0.1, 0.15) is 25.0 Å². The van der Waals surface area contributed by atoms with Crippen molar-refractivity contribution in [2.45, 2.75) is 20.8 Å². The predicted molar refractivity (Wildman–Crippen MR) is 75.8 cm³/mol. The molecule has 0 saturated heterocycles. The molecule has 19 heavy (non-hydrogen) atoms. The van der Waals surface area contributed by atoms with Gasteiger partial charge in [0.15, 0.2) is 0 Å². The SMILES string of the molecule is CCNc1ccc(/C=C/C(=O)OCC)c(C)c1N=N. The maximum absolute atomic E-state index is 11.3. The molecular formula is C14H19N3O2. The third kappa shape index (κ3) is 3.91. The van der Waals surface area contributed by atoms with Crippen molar-refractivity contribution in [3.05, 3.63) is 29.3 Å². The van der Waals surface area contributed by atoms with E-state index >= 15 is 0 Å². The number of nitrogens with zero attached hydrogens (tertiary/aromatic N) is 1. The number of carbonyl (C=O) groups is 1. The molecular weight excluding hydrogens is 242 g/mol. The van der Waals surface area contributed by atoms with Crippen molar-refractivity contribution in [2.75, 3.05) is 18.5 Å². The Kier molecular flexibility index (Phi) is 5.73. The topological polar surface area (TPSA) is 74.5 Å². The third-order valence-corrected chi connectivity index (χ3v) is 2.64. The maximum atomic E-state index is 11.3. The summed E-state index contributed by atoms with van der Waals surface area (Å²) in [5, 5.41) is 6.70. The molecule has 0 aliphatic rings. The quantitative estimate of drug-likeness (QED) is 0.466.